The second-order valence-electron chi connectivity index (χ2n) is 3.51. The highest BCUT2D eigenvalue weighted by Crippen LogP contribution is 2.05. The average molecular weight is 159 g/mol. The molecule has 3 heteroatoms. The van der Waals surface area contributed by atoms with Crippen LogP contribution in [-0.2, 0) is 4.74 Å². The molecule has 1 fully saturated rings. The molecule has 1 aliphatic rings. The SMILES string of the molecule is CC(C)CN[C@@H]1COC[C@H]1O. The summed E-state index contributed by atoms with van der Waals surface area (Å²) in [6, 6.07) is 0.150. The molecule has 1 saturated heterocycles. The summed E-state index contributed by atoms with van der Waals surface area (Å²) in [4.78, 5) is 0. The van der Waals surface area contributed by atoms with Crippen LogP contribution in [0.3, 0.4) is 0 Å². The van der Waals surface area contributed by atoms with Crippen molar-refractivity contribution in [1.29, 1.82) is 0 Å². The summed E-state index contributed by atoms with van der Waals surface area (Å²) >= 11 is 0. The first-order chi connectivity index (χ1) is 5.20. The Morgan fingerprint density at radius 2 is 2.27 bits per heavy atom. The van der Waals surface area contributed by atoms with Gasteiger partial charge in [-0.15, -0.1) is 0 Å². The molecule has 0 aliphatic carbocycles. The van der Waals surface area contributed by atoms with E-state index in [0.29, 0.717) is 19.1 Å². The van der Waals surface area contributed by atoms with Gasteiger partial charge in [-0.1, -0.05) is 13.8 Å². The van der Waals surface area contributed by atoms with Crippen molar-refractivity contribution in [3.05, 3.63) is 0 Å². The third-order valence-corrected chi connectivity index (χ3v) is 1.84. The van der Waals surface area contributed by atoms with Crippen molar-refractivity contribution in [3.63, 3.8) is 0 Å². The van der Waals surface area contributed by atoms with Crippen LogP contribution in [0.15, 0.2) is 0 Å². The maximum atomic E-state index is 9.31. The minimum atomic E-state index is -0.311. The van der Waals surface area contributed by atoms with Gasteiger partial charge in [0.2, 0.25) is 0 Å². The average Bonchev–Trinajstić information content (AvgIpc) is 2.31. The van der Waals surface area contributed by atoms with E-state index in [1.807, 2.05) is 0 Å². The zero-order valence-electron chi connectivity index (χ0n) is 7.21. The van der Waals surface area contributed by atoms with Crippen LogP contribution in [0.25, 0.3) is 0 Å². The lowest BCUT2D eigenvalue weighted by atomic mass is 10.1. The van der Waals surface area contributed by atoms with Crippen LogP contribution in [-0.4, -0.2) is 37.0 Å². The van der Waals surface area contributed by atoms with Gasteiger partial charge in [-0.2, -0.15) is 0 Å². The summed E-state index contributed by atoms with van der Waals surface area (Å²) in [5, 5.41) is 12.6. The van der Waals surface area contributed by atoms with E-state index in [4.69, 9.17) is 4.74 Å². The van der Waals surface area contributed by atoms with Crippen LogP contribution >= 0.6 is 0 Å². The van der Waals surface area contributed by atoms with Gasteiger partial charge in [0.15, 0.2) is 0 Å². The molecule has 0 aromatic heterocycles. The highest BCUT2D eigenvalue weighted by atomic mass is 16.5. The number of rotatable bonds is 3. The highest BCUT2D eigenvalue weighted by molar-refractivity contribution is 4.80. The molecule has 2 atom stereocenters. The van der Waals surface area contributed by atoms with Crippen LogP contribution in [0.4, 0.5) is 0 Å². The Labute approximate surface area is 67.7 Å². The van der Waals surface area contributed by atoms with E-state index in [0.717, 1.165) is 6.54 Å². The Morgan fingerprint density at radius 1 is 1.55 bits per heavy atom. The third-order valence-electron chi connectivity index (χ3n) is 1.84. The van der Waals surface area contributed by atoms with Crippen LogP contribution in [0.1, 0.15) is 13.8 Å². The molecule has 0 bridgehead atoms. The Bertz CT molecular complexity index is 117. The predicted molar refractivity (Wildman–Crippen MR) is 43.5 cm³/mol. The minimum absolute atomic E-state index is 0.150. The predicted octanol–water partition coefficient (Wildman–Crippen LogP) is -0.00830. The topological polar surface area (TPSA) is 41.5 Å². The Morgan fingerprint density at radius 3 is 2.73 bits per heavy atom. The van der Waals surface area contributed by atoms with Crippen LogP contribution < -0.4 is 5.32 Å². The van der Waals surface area contributed by atoms with Crippen molar-refractivity contribution in [2.45, 2.75) is 26.0 Å². The largest absolute Gasteiger partial charge is 0.389 e. The molecule has 66 valence electrons. The normalized spacial score (nSPS) is 31.6. The Hall–Kier alpha value is -0.120. The monoisotopic (exact) mass is 159 g/mol. The quantitative estimate of drug-likeness (QED) is 0.608. The Balaban J connectivity index is 2.15. The molecule has 1 rings (SSSR count). The number of hydrogen-bond donors (Lipinski definition) is 2. The Kier molecular flexibility index (Phi) is 3.30. The fraction of sp³-hybridized carbons (Fsp3) is 1.00. The van der Waals surface area contributed by atoms with E-state index in [2.05, 4.69) is 19.2 Å². The minimum Gasteiger partial charge on any atom is -0.389 e. The molecule has 0 unspecified atom stereocenters. The smallest absolute Gasteiger partial charge is 0.0948 e. The lowest BCUT2D eigenvalue weighted by Gasteiger charge is -2.15. The summed E-state index contributed by atoms with van der Waals surface area (Å²) in [6.45, 7) is 6.37. The van der Waals surface area contributed by atoms with E-state index in [1.165, 1.54) is 0 Å². The molecular formula is C8H17NO2. The number of hydrogen-bond acceptors (Lipinski definition) is 3. The van der Waals surface area contributed by atoms with E-state index < -0.39 is 0 Å². The molecule has 0 aromatic rings. The second-order valence-corrected chi connectivity index (χ2v) is 3.51. The van der Waals surface area contributed by atoms with E-state index in [1.54, 1.807) is 0 Å². The fourth-order valence-corrected chi connectivity index (χ4v) is 1.13. The fourth-order valence-electron chi connectivity index (χ4n) is 1.13. The molecule has 0 saturated carbocycles. The van der Waals surface area contributed by atoms with E-state index in [-0.39, 0.29) is 12.1 Å². The van der Waals surface area contributed by atoms with E-state index >= 15 is 0 Å². The third kappa shape index (κ3) is 2.77. The van der Waals surface area contributed by atoms with Crippen LogP contribution in [0.2, 0.25) is 0 Å². The number of ether oxygens (including phenoxy) is 1. The lowest BCUT2D eigenvalue weighted by Crippen LogP contribution is -2.40. The van der Waals surface area contributed by atoms with Crippen molar-refractivity contribution in [2.75, 3.05) is 19.8 Å². The number of aliphatic hydroxyl groups is 1. The van der Waals surface area contributed by atoms with Gasteiger partial charge in [-0.05, 0) is 12.5 Å². The van der Waals surface area contributed by atoms with Crippen molar-refractivity contribution in [1.82, 2.24) is 5.32 Å². The molecule has 0 radical (unpaired) electrons. The molecule has 1 heterocycles. The maximum absolute atomic E-state index is 9.31. The maximum Gasteiger partial charge on any atom is 0.0948 e. The van der Waals surface area contributed by atoms with Crippen LogP contribution in [0.5, 0.6) is 0 Å². The zero-order chi connectivity index (χ0) is 8.27. The molecule has 11 heavy (non-hydrogen) atoms. The van der Waals surface area contributed by atoms with Gasteiger partial charge >= 0.3 is 0 Å². The molecule has 2 N–H and O–H groups in total. The molecule has 0 aromatic carbocycles. The van der Waals surface area contributed by atoms with E-state index in [9.17, 15) is 5.11 Å². The van der Waals surface area contributed by atoms with Gasteiger partial charge in [0, 0.05) is 0 Å². The molecule has 0 spiro atoms. The molecular weight excluding hydrogens is 142 g/mol. The zero-order valence-corrected chi connectivity index (χ0v) is 7.21. The summed E-state index contributed by atoms with van der Waals surface area (Å²) in [7, 11) is 0. The number of nitrogens with one attached hydrogen (secondary N) is 1. The van der Waals surface area contributed by atoms with Gasteiger partial charge < -0.3 is 15.2 Å². The van der Waals surface area contributed by atoms with Crippen molar-refractivity contribution in [3.8, 4) is 0 Å². The van der Waals surface area contributed by atoms with Gasteiger partial charge in [-0.25, -0.2) is 0 Å². The standard InChI is InChI=1S/C8H17NO2/c1-6(2)3-9-7-4-11-5-8(7)10/h6-10H,3-5H2,1-2H3/t7-,8-/m1/s1. The second kappa shape index (κ2) is 4.04. The van der Waals surface area contributed by atoms with Crippen LogP contribution in [0, 0.1) is 5.92 Å². The first kappa shape index (κ1) is 8.97. The highest BCUT2D eigenvalue weighted by Gasteiger charge is 2.25. The van der Waals surface area contributed by atoms with Crippen molar-refractivity contribution >= 4 is 0 Å². The van der Waals surface area contributed by atoms with Gasteiger partial charge in [0.1, 0.15) is 0 Å². The summed E-state index contributed by atoms with van der Waals surface area (Å²) in [6.07, 6.45) is -0.311. The van der Waals surface area contributed by atoms with Crippen molar-refractivity contribution in [2.24, 2.45) is 5.92 Å². The van der Waals surface area contributed by atoms with Crippen molar-refractivity contribution < 1.29 is 9.84 Å². The summed E-state index contributed by atoms with van der Waals surface area (Å²) in [5.74, 6) is 0.628. The lowest BCUT2D eigenvalue weighted by molar-refractivity contribution is 0.122. The molecule has 3 nitrogen and oxygen atoms in total. The first-order valence-electron chi connectivity index (χ1n) is 4.19. The number of aliphatic hydroxyl groups excluding tert-OH is 1. The molecule has 0 amide bonds. The van der Waals surface area contributed by atoms with Gasteiger partial charge in [-0.3, -0.25) is 0 Å². The van der Waals surface area contributed by atoms with Gasteiger partial charge in [0.25, 0.3) is 0 Å². The first-order valence-corrected chi connectivity index (χ1v) is 4.19. The van der Waals surface area contributed by atoms with Gasteiger partial charge in [0.05, 0.1) is 25.4 Å². The molecule has 1 aliphatic heterocycles. The summed E-state index contributed by atoms with van der Waals surface area (Å²) < 4.78 is 5.09. The summed E-state index contributed by atoms with van der Waals surface area (Å²) in [5.41, 5.74) is 0.